The van der Waals surface area contributed by atoms with Crippen LogP contribution in [0.15, 0.2) is 35.9 Å². The number of rotatable bonds is 3. The number of nitrogens with zero attached hydrogens (tertiary/aromatic N) is 1. The van der Waals surface area contributed by atoms with Gasteiger partial charge in [0.1, 0.15) is 11.6 Å². The van der Waals surface area contributed by atoms with Crippen molar-refractivity contribution in [2.45, 2.75) is 6.92 Å². The van der Waals surface area contributed by atoms with Crippen LogP contribution in [-0.2, 0) is 0 Å². The summed E-state index contributed by atoms with van der Waals surface area (Å²) in [6.07, 6.45) is 1.62. The van der Waals surface area contributed by atoms with Gasteiger partial charge in [-0.25, -0.2) is 0 Å². The van der Waals surface area contributed by atoms with E-state index in [0.29, 0.717) is 17.1 Å². The van der Waals surface area contributed by atoms with Crippen molar-refractivity contribution in [2.75, 3.05) is 6.79 Å². The smallest absolute Gasteiger partial charge is 0.231 e. The van der Waals surface area contributed by atoms with Gasteiger partial charge in [-0.3, -0.25) is 4.79 Å². The van der Waals surface area contributed by atoms with Crippen molar-refractivity contribution in [1.29, 1.82) is 5.26 Å². The molecule has 0 unspecified atom stereocenters. The molecule has 0 atom stereocenters. The quantitative estimate of drug-likeness (QED) is 0.493. The number of allylic oxidation sites excluding steroid dienone is 1. The first-order valence-electron chi connectivity index (χ1n) is 6.30. The van der Waals surface area contributed by atoms with E-state index in [-0.39, 0.29) is 18.1 Å². The summed E-state index contributed by atoms with van der Waals surface area (Å²) in [5.74, 6) is 0.829. The molecule has 0 saturated carbocycles. The van der Waals surface area contributed by atoms with Crippen LogP contribution >= 0.6 is 11.3 Å². The van der Waals surface area contributed by atoms with Gasteiger partial charge in [-0.05, 0) is 43.3 Å². The maximum Gasteiger partial charge on any atom is 0.231 e. The zero-order valence-corrected chi connectivity index (χ0v) is 12.1. The number of Topliss-reactive ketones (excluding diaryl/α,β-unsaturated/α-hetero) is 1. The molecule has 2 aromatic rings. The minimum absolute atomic E-state index is 0.107. The lowest BCUT2D eigenvalue weighted by Crippen LogP contribution is -2.01. The second-order valence-electron chi connectivity index (χ2n) is 4.52. The molecule has 0 radical (unpaired) electrons. The normalized spacial score (nSPS) is 13.0. The summed E-state index contributed by atoms with van der Waals surface area (Å²) in [4.78, 5) is 14.4. The number of nitriles is 1. The molecular formula is C16H11NO3S. The lowest BCUT2D eigenvalue weighted by molar-refractivity contribution is 0.103. The van der Waals surface area contributed by atoms with Crippen LogP contribution in [0.25, 0.3) is 6.08 Å². The second kappa shape index (κ2) is 5.43. The molecule has 2 heterocycles. The van der Waals surface area contributed by atoms with Gasteiger partial charge >= 0.3 is 0 Å². The van der Waals surface area contributed by atoms with E-state index in [1.807, 2.05) is 25.1 Å². The number of hydrogen-bond acceptors (Lipinski definition) is 5. The van der Waals surface area contributed by atoms with Crippen molar-refractivity contribution in [3.63, 3.8) is 0 Å². The van der Waals surface area contributed by atoms with E-state index in [1.165, 1.54) is 11.3 Å². The average molecular weight is 297 g/mol. The number of ether oxygens (including phenoxy) is 2. The summed E-state index contributed by atoms with van der Waals surface area (Å²) >= 11 is 1.54. The third kappa shape index (κ3) is 2.67. The van der Waals surface area contributed by atoms with Gasteiger partial charge in [-0.1, -0.05) is 0 Å². The van der Waals surface area contributed by atoms with Gasteiger partial charge < -0.3 is 9.47 Å². The molecule has 21 heavy (non-hydrogen) atoms. The second-order valence-corrected chi connectivity index (χ2v) is 5.83. The summed E-state index contributed by atoms with van der Waals surface area (Å²) in [6.45, 7) is 2.14. The minimum Gasteiger partial charge on any atom is -0.454 e. The van der Waals surface area contributed by atoms with Crippen LogP contribution in [0, 0.1) is 18.3 Å². The lowest BCUT2D eigenvalue weighted by atomic mass is 10.0. The molecule has 1 aliphatic rings. The standard InChI is InChI=1S/C16H11NO3S/c1-10-2-4-13(21-10)6-12(8-17)16(18)11-3-5-14-15(7-11)20-9-19-14/h2-7H,9H2,1H3/b12-6+. The Morgan fingerprint density at radius 1 is 1.29 bits per heavy atom. The first-order chi connectivity index (χ1) is 10.2. The fourth-order valence-corrected chi connectivity index (χ4v) is 2.84. The highest BCUT2D eigenvalue weighted by atomic mass is 32.1. The van der Waals surface area contributed by atoms with Crippen LogP contribution in [0.2, 0.25) is 0 Å². The van der Waals surface area contributed by atoms with E-state index in [9.17, 15) is 10.1 Å². The number of ketones is 1. The molecule has 5 heteroatoms. The molecule has 0 aliphatic carbocycles. The first-order valence-corrected chi connectivity index (χ1v) is 7.11. The zero-order valence-electron chi connectivity index (χ0n) is 11.3. The summed E-state index contributed by atoms with van der Waals surface area (Å²) in [7, 11) is 0. The Morgan fingerprint density at radius 2 is 2.10 bits per heavy atom. The molecule has 3 rings (SSSR count). The Bertz CT molecular complexity index is 783. The first kappa shape index (κ1) is 13.4. The van der Waals surface area contributed by atoms with E-state index in [4.69, 9.17) is 9.47 Å². The van der Waals surface area contributed by atoms with Crippen molar-refractivity contribution in [1.82, 2.24) is 0 Å². The van der Waals surface area contributed by atoms with Crippen molar-refractivity contribution >= 4 is 23.2 Å². The molecule has 1 aromatic carbocycles. The van der Waals surface area contributed by atoms with Crippen molar-refractivity contribution in [3.05, 3.63) is 51.2 Å². The Labute approximate surface area is 125 Å². The average Bonchev–Trinajstić information content (AvgIpc) is 3.11. The summed E-state index contributed by atoms with van der Waals surface area (Å²) < 4.78 is 10.5. The lowest BCUT2D eigenvalue weighted by Gasteiger charge is -2.01. The molecule has 0 fully saturated rings. The third-order valence-electron chi connectivity index (χ3n) is 3.05. The highest BCUT2D eigenvalue weighted by Gasteiger charge is 2.18. The largest absolute Gasteiger partial charge is 0.454 e. The molecule has 1 aromatic heterocycles. The van der Waals surface area contributed by atoms with Crippen molar-refractivity contribution in [2.24, 2.45) is 0 Å². The SMILES string of the molecule is Cc1ccc(/C=C(\C#N)C(=O)c2ccc3c(c2)OCO3)s1. The Morgan fingerprint density at radius 3 is 2.81 bits per heavy atom. The molecular weight excluding hydrogens is 286 g/mol. The molecule has 4 nitrogen and oxygen atoms in total. The van der Waals surface area contributed by atoms with Crippen LogP contribution in [0.5, 0.6) is 11.5 Å². The number of aryl methyl sites for hydroxylation is 1. The summed E-state index contributed by atoms with van der Waals surface area (Å²) in [5.41, 5.74) is 0.524. The van der Waals surface area contributed by atoms with Gasteiger partial charge in [0.2, 0.25) is 12.6 Å². The molecule has 0 amide bonds. The number of thiophene rings is 1. The van der Waals surface area contributed by atoms with E-state index in [1.54, 1.807) is 24.3 Å². The molecule has 0 bridgehead atoms. The Balaban J connectivity index is 1.93. The molecule has 0 spiro atoms. The van der Waals surface area contributed by atoms with Gasteiger partial charge in [0.05, 0.1) is 0 Å². The van der Waals surface area contributed by atoms with Gasteiger partial charge in [-0.15, -0.1) is 11.3 Å². The molecule has 1 aliphatic heterocycles. The van der Waals surface area contributed by atoms with E-state index >= 15 is 0 Å². The van der Waals surface area contributed by atoms with Gasteiger partial charge in [0.15, 0.2) is 11.5 Å². The maximum atomic E-state index is 12.4. The number of hydrogen-bond donors (Lipinski definition) is 0. The Kier molecular flexibility index (Phi) is 3.46. The highest BCUT2D eigenvalue weighted by molar-refractivity contribution is 7.12. The predicted molar refractivity (Wildman–Crippen MR) is 79.5 cm³/mol. The molecule has 104 valence electrons. The number of benzene rings is 1. The highest BCUT2D eigenvalue weighted by Crippen LogP contribution is 2.33. The number of carbonyl (C=O) groups is 1. The number of carbonyl (C=O) groups excluding carboxylic acids is 1. The van der Waals surface area contributed by atoms with Gasteiger partial charge in [0.25, 0.3) is 0 Å². The van der Waals surface area contributed by atoms with Crippen molar-refractivity contribution < 1.29 is 14.3 Å². The van der Waals surface area contributed by atoms with E-state index in [2.05, 4.69) is 0 Å². The maximum absolute atomic E-state index is 12.4. The summed E-state index contributed by atoms with van der Waals surface area (Å²) in [6, 6.07) is 10.7. The minimum atomic E-state index is -0.318. The molecule has 0 saturated heterocycles. The monoisotopic (exact) mass is 297 g/mol. The topological polar surface area (TPSA) is 59.3 Å². The fraction of sp³-hybridized carbons (Fsp3) is 0.125. The van der Waals surface area contributed by atoms with Crippen LogP contribution in [0.1, 0.15) is 20.1 Å². The molecule has 0 N–H and O–H groups in total. The van der Waals surface area contributed by atoms with Crippen molar-refractivity contribution in [3.8, 4) is 17.6 Å². The van der Waals surface area contributed by atoms with Crippen LogP contribution in [0.4, 0.5) is 0 Å². The summed E-state index contributed by atoms with van der Waals surface area (Å²) in [5, 5.41) is 9.23. The zero-order chi connectivity index (χ0) is 14.8. The number of fused-ring (bicyclic) bond motifs is 1. The van der Waals surface area contributed by atoms with Gasteiger partial charge in [0, 0.05) is 15.3 Å². The van der Waals surface area contributed by atoms with E-state index < -0.39 is 0 Å². The Hall–Kier alpha value is -2.58. The van der Waals surface area contributed by atoms with Crippen LogP contribution in [0.3, 0.4) is 0 Å². The third-order valence-corrected chi connectivity index (χ3v) is 4.00. The fourth-order valence-electron chi connectivity index (χ4n) is 2.02. The predicted octanol–water partition coefficient (Wildman–Crippen LogP) is 3.58. The van der Waals surface area contributed by atoms with Crippen LogP contribution < -0.4 is 9.47 Å². The van der Waals surface area contributed by atoms with Crippen LogP contribution in [-0.4, -0.2) is 12.6 Å². The van der Waals surface area contributed by atoms with E-state index in [0.717, 1.165) is 9.75 Å². The van der Waals surface area contributed by atoms with Gasteiger partial charge in [-0.2, -0.15) is 5.26 Å².